The molecule has 4 nitrogen and oxygen atoms in total. The number of hydrazine groups is 1. The molecule has 0 saturated carbocycles. The number of ether oxygens (including phenoxy) is 1. The number of rotatable bonds is 2. The van der Waals surface area contributed by atoms with Gasteiger partial charge < -0.3 is 4.74 Å². The van der Waals surface area contributed by atoms with Gasteiger partial charge in [-0.3, -0.25) is 9.80 Å². The average Bonchev–Trinajstić information content (AvgIpc) is 2.87. The summed E-state index contributed by atoms with van der Waals surface area (Å²) in [7, 11) is 1.58. The first-order chi connectivity index (χ1) is 6.83. The topological polar surface area (TPSA) is 41.6 Å². The lowest BCUT2D eigenvalue weighted by Gasteiger charge is -2.14. The Bertz CT molecular complexity index is 337. The Morgan fingerprint density at radius 3 is 3.07 bits per heavy atom. The minimum atomic E-state index is 0. The highest BCUT2D eigenvalue weighted by Gasteiger charge is 2.23. The van der Waals surface area contributed by atoms with Gasteiger partial charge in [0.05, 0.1) is 7.11 Å². The summed E-state index contributed by atoms with van der Waals surface area (Å²) in [4.78, 5) is 12.6. The van der Waals surface area contributed by atoms with Crippen LogP contribution in [0.25, 0.3) is 0 Å². The van der Waals surface area contributed by atoms with Crippen LogP contribution >= 0.6 is 23.7 Å². The molecule has 0 unspecified atom stereocenters. The predicted octanol–water partition coefficient (Wildman–Crippen LogP) is 1.53. The number of carbonyl (C=O) groups is 1. The molecule has 1 saturated heterocycles. The fourth-order valence-electron chi connectivity index (χ4n) is 1.44. The van der Waals surface area contributed by atoms with Crippen LogP contribution < -0.4 is 10.2 Å². The van der Waals surface area contributed by atoms with Crippen LogP contribution in [0.2, 0.25) is 0 Å². The summed E-state index contributed by atoms with van der Waals surface area (Å²) in [5, 5.41) is 3.51. The number of carbonyl (C=O) groups excluding carboxylic acids is 1. The molecule has 0 radical (unpaired) electrons. The van der Waals surface area contributed by atoms with Gasteiger partial charge in [0.25, 0.3) is 5.91 Å². The highest BCUT2D eigenvalue weighted by Crippen LogP contribution is 2.25. The Balaban J connectivity index is 0.00000112. The number of nitrogens with zero attached hydrogens (tertiary/aromatic N) is 1. The maximum atomic E-state index is 11.9. The first kappa shape index (κ1) is 12.3. The van der Waals surface area contributed by atoms with Crippen LogP contribution in [0.15, 0.2) is 11.4 Å². The van der Waals surface area contributed by atoms with Crippen molar-refractivity contribution in [2.45, 2.75) is 6.42 Å². The van der Waals surface area contributed by atoms with Crippen molar-refractivity contribution >= 4 is 29.7 Å². The third kappa shape index (κ3) is 2.42. The Hall–Kier alpha value is -0.780. The van der Waals surface area contributed by atoms with Crippen molar-refractivity contribution in [1.29, 1.82) is 0 Å². The molecule has 84 valence electrons. The Morgan fingerprint density at radius 1 is 1.67 bits per heavy atom. The van der Waals surface area contributed by atoms with Crippen molar-refractivity contribution in [3.63, 3.8) is 0 Å². The van der Waals surface area contributed by atoms with Crippen LogP contribution in [0.1, 0.15) is 16.1 Å². The van der Waals surface area contributed by atoms with E-state index in [0.717, 1.165) is 19.5 Å². The van der Waals surface area contributed by atoms with E-state index in [4.69, 9.17) is 4.74 Å². The number of nitrogens with one attached hydrogen (secondary N) is 1. The van der Waals surface area contributed by atoms with Gasteiger partial charge in [-0.05, 0) is 17.9 Å². The van der Waals surface area contributed by atoms with Crippen LogP contribution in [0.3, 0.4) is 0 Å². The zero-order chi connectivity index (χ0) is 9.97. The predicted molar refractivity (Wildman–Crippen MR) is 61.8 cm³/mol. The summed E-state index contributed by atoms with van der Waals surface area (Å²) in [6, 6.07) is 1.81. The van der Waals surface area contributed by atoms with Gasteiger partial charge in [-0.15, -0.1) is 23.7 Å². The Labute approximate surface area is 98.6 Å². The van der Waals surface area contributed by atoms with E-state index in [0.29, 0.717) is 10.6 Å². The Kier molecular flexibility index (Phi) is 4.38. The van der Waals surface area contributed by atoms with Crippen LogP contribution in [0, 0.1) is 0 Å². The molecule has 0 bridgehead atoms. The summed E-state index contributed by atoms with van der Waals surface area (Å²) in [6.07, 6.45) is 1.01. The van der Waals surface area contributed by atoms with Gasteiger partial charge in [0, 0.05) is 13.1 Å². The van der Waals surface area contributed by atoms with E-state index in [1.807, 2.05) is 11.4 Å². The van der Waals surface area contributed by atoms with E-state index < -0.39 is 0 Å². The molecule has 6 heteroatoms. The fraction of sp³-hybridized carbons (Fsp3) is 0.444. The lowest BCUT2D eigenvalue weighted by molar-refractivity contribution is 0.0728. The molecule has 0 aromatic carbocycles. The zero-order valence-corrected chi connectivity index (χ0v) is 9.99. The second kappa shape index (κ2) is 5.34. The van der Waals surface area contributed by atoms with Gasteiger partial charge in [-0.2, -0.15) is 0 Å². The fourth-order valence-corrected chi connectivity index (χ4v) is 2.25. The highest BCUT2D eigenvalue weighted by molar-refractivity contribution is 7.12. The van der Waals surface area contributed by atoms with E-state index >= 15 is 0 Å². The van der Waals surface area contributed by atoms with Crippen LogP contribution in [0.4, 0.5) is 0 Å². The average molecular weight is 249 g/mol. The van der Waals surface area contributed by atoms with E-state index in [-0.39, 0.29) is 18.3 Å². The molecule has 1 amide bonds. The molecule has 1 aromatic rings. The van der Waals surface area contributed by atoms with Crippen molar-refractivity contribution in [1.82, 2.24) is 10.4 Å². The second-order valence-corrected chi connectivity index (χ2v) is 3.95. The van der Waals surface area contributed by atoms with Gasteiger partial charge in [-0.25, -0.2) is 5.43 Å². The maximum Gasteiger partial charge on any atom is 0.281 e. The molecule has 2 rings (SSSR count). The second-order valence-electron chi connectivity index (χ2n) is 3.04. The molecule has 2 heterocycles. The molecule has 0 aliphatic carbocycles. The lowest BCUT2D eigenvalue weighted by atomic mass is 10.4. The summed E-state index contributed by atoms with van der Waals surface area (Å²) >= 11 is 1.41. The normalized spacial score (nSPS) is 14.9. The minimum Gasteiger partial charge on any atom is -0.495 e. The van der Waals surface area contributed by atoms with E-state index in [2.05, 4.69) is 5.43 Å². The van der Waals surface area contributed by atoms with E-state index in [9.17, 15) is 4.79 Å². The number of methoxy groups -OCH3 is 1. The lowest BCUT2D eigenvalue weighted by Crippen LogP contribution is -2.36. The summed E-state index contributed by atoms with van der Waals surface area (Å²) in [5.41, 5.74) is 3.03. The van der Waals surface area contributed by atoms with Gasteiger partial charge in [0.15, 0.2) is 0 Å². The van der Waals surface area contributed by atoms with Crippen molar-refractivity contribution < 1.29 is 9.53 Å². The SMILES string of the molecule is COc1ccsc1C(=O)N1CCCN1.Cl. The van der Waals surface area contributed by atoms with Gasteiger partial charge in [0.2, 0.25) is 0 Å². The molecule has 1 fully saturated rings. The maximum absolute atomic E-state index is 11.9. The first-order valence-electron chi connectivity index (χ1n) is 4.50. The summed E-state index contributed by atoms with van der Waals surface area (Å²) < 4.78 is 5.10. The molecule has 1 aliphatic heterocycles. The standard InChI is InChI=1S/C9H12N2O2S.ClH/c1-13-7-3-6-14-8(7)9(12)11-5-2-4-10-11;/h3,6,10H,2,4-5H2,1H3;1H. The molecule has 1 aromatic heterocycles. The number of hydrogen-bond acceptors (Lipinski definition) is 4. The quantitative estimate of drug-likeness (QED) is 0.863. The molecule has 0 atom stereocenters. The molecule has 0 spiro atoms. The van der Waals surface area contributed by atoms with Gasteiger partial charge in [-0.1, -0.05) is 0 Å². The van der Waals surface area contributed by atoms with Crippen molar-refractivity contribution in [2.75, 3.05) is 20.2 Å². The largest absolute Gasteiger partial charge is 0.495 e. The Morgan fingerprint density at radius 2 is 2.47 bits per heavy atom. The number of hydrogen-bond donors (Lipinski definition) is 1. The first-order valence-corrected chi connectivity index (χ1v) is 5.37. The van der Waals surface area contributed by atoms with E-state index in [1.54, 1.807) is 12.1 Å². The van der Waals surface area contributed by atoms with Crippen molar-refractivity contribution in [2.24, 2.45) is 0 Å². The number of amides is 1. The van der Waals surface area contributed by atoms with Crippen LogP contribution in [0.5, 0.6) is 5.75 Å². The van der Waals surface area contributed by atoms with Crippen molar-refractivity contribution in [3.05, 3.63) is 16.3 Å². The molecular formula is C9H13ClN2O2S. The summed E-state index contributed by atoms with van der Waals surface area (Å²) in [6.45, 7) is 1.65. The monoisotopic (exact) mass is 248 g/mol. The minimum absolute atomic E-state index is 0. The molecule has 1 N–H and O–H groups in total. The molecule has 1 aliphatic rings. The third-order valence-electron chi connectivity index (χ3n) is 2.15. The smallest absolute Gasteiger partial charge is 0.281 e. The number of thiophene rings is 1. The highest BCUT2D eigenvalue weighted by atomic mass is 35.5. The number of halogens is 1. The third-order valence-corrected chi connectivity index (χ3v) is 3.03. The molecule has 15 heavy (non-hydrogen) atoms. The molecular weight excluding hydrogens is 236 g/mol. The van der Waals surface area contributed by atoms with Crippen LogP contribution in [-0.4, -0.2) is 31.1 Å². The van der Waals surface area contributed by atoms with Crippen LogP contribution in [-0.2, 0) is 0 Å². The zero-order valence-electron chi connectivity index (χ0n) is 8.36. The van der Waals surface area contributed by atoms with Gasteiger partial charge in [0.1, 0.15) is 10.6 Å². The van der Waals surface area contributed by atoms with Gasteiger partial charge >= 0.3 is 0 Å². The summed E-state index contributed by atoms with van der Waals surface area (Å²) in [5.74, 6) is 0.669. The van der Waals surface area contributed by atoms with E-state index in [1.165, 1.54) is 11.3 Å². The van der Waals surface area contributed by atoms with Crippen molar-refractivity contribution in [3.8, 4) is 5.75 Å².